The lowest BCUT2D eigenvalue weighted by Gasteiger charge is -2.13. The SMILES string of the molecule is COc1nc(N)nn2c([C@@H]3OC(CO)=C(O)[C@H]3F)cnc12. The summed E-state index contributed by atoms with van der Waals surface area (Å²) < 4.78 is 25.6. The molecule has 0 unspecified atom stereocenters. The first-order valence-electron chi connectivity index (χ1n) is 5.95. The first-order valence-corrected chi connectivity index (χ1v) is 5.95. The average Bonchev–Trinajstić information content (AvgIpc) is 3.01. The van der Waals surface area contributed by atoms with Crippen LogP contribution in [0.4, 0.5) is 10.3 Å². The van der Waals surface area contributed by atoms with Gasteiger partial charge in [0.15, 0.2) is 17.6 Å². The predicted octanol–water partition coefficient (Wildman–Crippen LogP) is -0.114. The smallest absolute Gasteiger partial charge is 0.262 e. The van der Waals surface area contributed by atoms with Gasteiger partial charge in [0.2, 0.25) is 17.8 Å². The minimum absolute atomic E-state index is 0.0911. The quantitative estimate of drug-likeness (QED) is 0.715. The third-order valence-electron chi connectivity index (χ3n) is 3.08. The number of hydrogen-bond donors (Lipinski definition) is 3. The molecule has 0 saturated heterocycles. The number of imidazole rings is 1. The van der Waals surface area contributed by atoms with Crippen LogP contribution in [0.25, 0.3) is 5.65 Å². The van der Waals surface area contributed by atoms with Crippen LogP contribution in [0.2, 0.25) is 0 Å². The van der Waals surface area contributed by atoms with Gasteiger partial charge in [0.1, 0.15) is 12.3 Å². The van der Waals surface area contributed by atoms with E-state index in [4.69, 9.17) is 20.3 Å². The Labute approximate surface area is 117 Å². The van der Waals surface area contributed by atoms with Crippen LogP contribution in [-0.4, -0.2) is 49.7 Å². The molecule has 21 heavy (non-hydrogen) atoms. The molecule has 0 radical (unpaired) electrons. The highest BCUT2D eigenvalue weighted by Crippen LogP contribution is 2.37. The van der Waals surface area contributed by atoms with Crippen LogP contribution >= 0.6 is 0 Å². The van der Waals surface area contributed by atoms with Crippen molar-refractivity contribution in [1.29, 1.82) is 0 Å². The van der Waals surface area contributed by atoms with Crippen LogP contribution in [-0.2, 0) is 4.74 Å². The van der Waals surface area contributed by atoms with Crippen LogP contribution in [0.15, 0.2) is 17.7 Å². The zero-order valence-electron chi connectivity index (χ0n) is 10.9. The molecule has 0 fully saturated rings. The Morgan fingerprint density at radius 2 is 2.33 bits per heavy atom. The van der Waals surface area contributed by atoms with E-state index in [1.165, 1.54) is 17.8 Å². The number of anilines is 1. The fraction of sp³-hybridized carbons (Fsp3) is 0.364. The molecule has 0 aromatic carbocycles. The van der Waals surface area contributed by atoms with E-state index >= 15 is 0 Å². The third-order valence-corrected chi connectivity index (χ3v) is 3.08. The number of halogens is 1. The Morgan fingerprint density at radius 1 is 1.57 bits per heavy atom. The zero-order chi connectivity index (χ0) is 15.1. The van der Waals surface area contributed by atoms with Crippen molar-refractivity contribution in [3.8, 4) is 5.88 Å². The van der Waals surface area contributed by atoms with Gasteiger partial charge in [-0.2, -0.15) is 4.98 Å². The summed E-state index contributed by atoms with van der Waals surface area (Å²) in [6.07, 6.45) is -1.72. The number of hydrogen-bond acceptors (Lipinski definition) is 8. The number of fused-ring (bicyclic) bond motifs is 1. The van der Waals surface area contributed by atoms with Gasteiger partial charge in [-0.15, -0.1) is 5.10 Å². The van der Waals surface area contributed by atoms with Gasteiger partial charge >= 0.3 is 0 Å². The topological polar surface area (TPSA) is 128 Å². The molecule has 0 saturated carbocycles. The van der Waals surface area contributed by atoms with E-state index in [1.807, 2.05) is 0 Å². The van der Waals surface area contributed by atoms with Gasteiger partial charge in [-0.25, -0.2) is 13.9 Å². The molecule has 2 aromatic rings. The van der Waals surface area contributed by atoms with Crippen molar-refractivity contribution >= 4 is 11.6 Å². The van der Waals surface area contributed by atoms with E-state index in [0.717, 1.165) is 0 Å². The summed E-state index contributed by atoms with van der Waals surface area (Å²) in [4.78, 5) is 7.89. The van der Waals surface area contributed by atoms with Gasteiger partial charge < -0.3 is 25.4 Å². The first-order chi connectivity index (χ1) is 10.1. The summed E-state index contributed by atoms with van der Waals surface area (Å²) in [5, 5.41) is 22.5. The number of aliphatic hydroxyl groups excluding tert-OH is 2. The Balaban J connectivity index is 2.09. The average molecular weight is 297 g/mol. The maximum absolute atomic E-state index is 14.1. The molecule has 2 atom stereocenters. The molecule has 3 heterocycles. The summed E-state index contributed by atoms with van der Waals surface area (Å²) in [6, 6.07) is 0. The minimum atomic E-state index is -1.84. The van der Waals surface area contributed by atoms with Crippen molar-refractivity contribution in [3.05, 3.63) is 23.4 Å². The number of ether oxygens (including phenoxy) is 2. The zero-order valence-corrected chi connectivity index (χ0v) is 10.9. The highest BCUT2D eigenvalue weighted by atomic mass is 19.1. The summed E-state index contributed by atoms with van der Waals surface area (Å²) in [5.74, 6) is -0.837. The normalized spacial score (nSPS) is 21.9. The molecule has 9 nitrogen and oxygen atoms in total. The van der Waals surface area contributed by atoms with E-state index in [9.17, 15) is 9.50 Å². The molecule has 3 rings (SSSR count). The summed E-state index contributed by atoms with van der Waals surface area (Å²) in [5.41, 5.74) is 6.00. The van der Waals surface area contributed by atoms with Gasteiger partial charge in [0.05, 0.1) is 13.3 Å². The molecular formula is C11H12FN5O4. The summed E-state index contributed by atoms with van der Waals surface area (Å²) >= 11 is 0. The number of aliphatic hydroxyl groups is 2. The molecule has 2 aromatic heterocycles. The maximum atomic E-state index is 14.1. The molecule has 0 amide bonds. The lowest BCUT2D eigenvalue weighted by Crippen LogP contribution is -2.15. The molecule has 4 N–H and O–H groups in total. The number of rotatable bonds is 3. The lowest BCUT2D eigenvalue weighted by molar-refractivity contribution is 0.0689. The van der Waals surface area contributed by atoms with Crippen LogP contribution in [0.5, 0.6) is 5.88 Å². The van der Waals surface area contributed by atoms with Crippen molar-refractivity contribution in [1.82, 2.24) is 19.6 Å². The standard InChI is InChI=1S/C11H12FN5O4/c1-20-10-9-14-2-4(17(9)16-11(13)15-10)8-6(12)7(19)5(3-18)21-8/h2,6,8,18-19H,3H2,1H3,(H2,13,16)/t6-,8+/m1/s1. The highest BCUT2D eigenvalue weighted by molar-refractivity contribution is 5.51. The second-order valence-corrected chi connectivity index (χ2v) is 4.30. The first kappa shape index (κ1) is 13.4. The molecule has 0 spiro atoms. The Morgan fingerprint density at radius 3 is 2.95 bits per heavy atom. The molecule has 112 valence electrons. The second-order valence-electron chi connectivity index (χ2n) is 4.30. The van der Waals surface area contributed by atoms with Crippen LogP contribution in [0, 0.1) is 0 Å². The number of methoxy groups -OCH3 is 1. The Kier molecular flexibility index (Phi) is 3.01. The van der Waals surface area contributed by atoms with Gasteiger partial charge in [-0.3, -0.25) is 0 Å². The van der Waals surface area contributed by atoms with E-state index in [2.05, 4.69) is 15.1 Å². The summed E-state index contributed by atoms with van der Waals surface area (Å²) in [7, 11) is 1.39. The van der Waals surface area contributed by atoms with Gasteiger partial charge in [-0.05, 0) is 0 Å². The number of nitrogen functional groups attached to an aromatic ring is 1. The monoisotopic (exact) mass is 297 g/mol. The fourth-order valence-corrected chi connectivity index (χ4v) is 2.12. The fourth-order valence-electron chi connectivity index (χ4n) is 2.12. The molecule has 1 aliphatic rings. The Hall–Kier alpha value is -2.62. The third kappa shape index (κ3) is 1.91. The van der Waals surface area contributed by atoms with Crippen molar-refractivity contribution in [2.45, 2.75) is 12.3 Å². The van der Waals surface area contributed by atoms with E-state index in [1.54, 1.807) is 0 Å². The van der Waals surface area contributed by atoms with Gasteiger partial charge in [-0.1, -0.05) is 0 Å². The molecule has 10 heteroatoms. The molecule has 1 aliphatic heterocycles. The highest BCUT2D eigenvalue weighted by Gasteiger charge is 2.40. The number of aromatic nitrogens is 4. The predicted molar refractivity (Wildman–Crippen MR) is 67.2 cm³/mol. The summed E-state index contributed by atoms with van der Waals surface area (Å²) in [6.45, 7) is -0.611. The largest absolute Gasteiger partial charge is 0.506 e. The molecule has 0 aliphatic carbocycles. The van der Waals surface area contributed by atoms with Crippen molar-refractivity contribution in [2.75, 3.05) is 19.5 Å². The molecular weight excluding hydrogens is 285 g/mol. The van der Waals surface area contributed by atoms with Crippen LogP contribution in [0.1, 0.15) is 11.8 Å². The molecule has 0 bridgehead atoms. The number of alkyl halides is 1. The lowest BCUT2D eigenvalue weighted by atomic mass is 10.1. The second kappa shape index (κ2) is 4.74. The Bertz CT molecular complexity index is 731. The van der Waals surface area contributed by atoms with E-state index < -0.39 is 24.6 Å². The minimum Gasteiger partial charge on any atom is -0.506 e. The van der Waals surface area contributed by atoms with Crippen molar-refractivity contribution in [2.24, 2.45) is 0 Å². The maximum Gasteiger partial charge on any atom is 0.262 e. The van der Waals surface area contributed by atoms with E-state index in [0.29, 0.717) is 0 Å². The van der Waals surface area contributed by atoms with Crippen molar-refractivity contribution < 1.29 is 24.1 Å². The number of nitrogens with zero attached hydrogens (tertiary/aromatic N) is 4. The van der Waals surface area contributed by atoms with Gasteiger partial charge in [0, 0.05) is 0 Å². The van der Waals surface area contributed by atoms with Gasteiger partial charge in [0.25, 0.3) is 5.88 Å². The number of nitrogens with two attached hydrogens (primary N) is 1. The van der Waals surface area contributed by atoms with Crippen molar-refractivity contribution in [3.63, 3.8) is 0 Å². The van der Waals surface area contributed by atoms with Crippen LogP contribution in [0.3, 0.4) is 0 Å². The van der Waals surface area contributed by atoms with E-state index in [-0.39, 0.29) is 28.9 Å². The van der Waals surface area contributed by atoms with Crippen LogP contribution < -0.4 is 10.5 Å².